The van der Waals surface area contributed by atoms with Crippen LogP contribution in [0.15, 0.2) is 34.9 Å². The van der Waals surface area contributed by atoms with Crippen molar-refractivity contribution in [3.05, 3.63) is 52.9 Å². The van der Waals surface area contributed by atoms with E-state index in [9.17, 15) is 23.1 Å². The van der Waals surface area contributed by atoms with Gasteiger partial charge in [0.15, 0.2) is 0 Å². The summed E-state index contributed by atoms with van der Waals surface area (Å²) in [6, 6.07) is 6.04. The van der Waals surface area contributed by atoms with Gasteiger partial charge in [-0.3, -0.25) is 4.79 Å². The number of hydrogen-bond acceptors (Lipinski definition) is 4. The molecule has 22 heavy (non-hydrogen) atoms. The normalized spacial score (nSPS) is 13.0. The fourth-order valence-corrected chi connectivity index (χ4v) is 1.90. The molecule has 2 N–H and O–H groups in total. The van der Waals surface area contributed by atoms with Gasteiger partial charge in [0.1, 0.15) is 0 Å². The predicted octanol–water partition coefficient (Wildman–Crippen LogP) is 2.47. The third-order valence-corrected chi connectivity index (χ3v) is 2.93. The number of nitrogens with zero attached hydrogens (tertiary/aromatic N) is 1. The molecule has 0 spiro atoms. The highest BCUT2D eigenvalue weighted by molar-refractivity contribution is 5.91. The number of carbonyl (C=O) groups is 1. The molecular formula is C14H13F3N2O3. The molecule has 0 fully saturated rings. The molecule has 2 rings (SSSR count). The third-order valence-electron chi connectivity index (χ3n) is 2.93. The van der Waals surface area contributed by atoms with E-state index >= 15 is 0 Å². The maximum atomic E-state index is 12.9. The number of aliphatic hydroxyl groups is 1. The smallest absolute Gasteiger partial charge is 0.387 e. The molecule has 1 amide bonds. The Morgan fingerprint density at radius 3 is 2.68 bits per heavy atom. The van der Waals surface area contributed by atoms with Gasteiger partial charge < -0.3 is 14.9 Å². The predicted molar refractivity (Wildman–Crippen MR) is 70.0 cm³/mol. The summed E-state index contributed by atoms with van der Waals surface area (Å²) in [4.78, 5) is 11.7. The number of nitrogens with one attached hydrogen (secondary N) is 1. The van der Waals surface area contributed by atoms with Crippen LogP contribution in [-0.2, 0) is 6.18 Å². The highest BCUT2D eigenvalue weighted by Crippen LogP contribution is 2.34. The Labute approximate surface area is 123 Å². The van der Waals surface area contributed by atoms with Crippen molar-refractivity contribution < 1.29 is 27.6 Å². The van der Waals surface area contributed by atoms with E-state index in [1.807, 2.05) is 0 Å². The molecule has 0 aliphatic rings. The van der Waals surface area contributed by atoms with Crippen molar-refractivity contribution >= 4 is 5.91 Å². The van der Waals surface area contributed by atoms with Crippen molar-refractivity contribution in [3.63, 3.8) is 0 Å². The highest BCUT2D eigenvalue weighted by atomic mass is 19.4. The Hall–Kier alpha value is -2.35. The average molecular weight is 314 g/mol. The lowest BCUT2D eigenvalue weighted by molar-refractivity contribution is -0.139. The summed E-state index contributed by atoms with van der Waals surface area (Å²) in [5, 5.41) is 15.7. The average Bonchev–Trinajstić information content (AvgIpc) is 2.90. The third kappa shape index (κ3) is 3.64. The quantitative estimate of drug-likeness (QED) is 0.909. The van der Waals surface area contributed by atoms with E-state index in [2.05, 4.69) is 10.5 Å². The molecule has 0 bridgehead atoms. The number of aryl methyl sites for hydroxylation is 1. The summed E-state index contributed by atoms with van der Waals surface area (Å²) >= 11 is 0. The van der Waals surface area contributed by atoms with Crippen LogP contribution in [0, 0.1) is 6.92 Å². The monoisotopic (exact) mass is 314 g/mol. The van der Waals surface area contributed by atoms with Crippen molar-refractivity contribution in [3.8, 4) is 0 Å². The summed E-state index contributed by atoms with van der Waals surface area (Å²) in [6.07, 6.45) is -6.07. The van der Waals surface area contributed by atoms with Gasteiger partial charge in [-0.25, -0.2) is 0 Å². The molecule has 0 saturated carbocycles. The van der Waals surface area contributed by atoms with E-state index in [1.54, 1.807) is 6.92 Å². The molecule has 1 aromatic carbocycles. The van der Waals surface area contributed by atoms with Crippen molar-refractivity contribution in [1.82, 2.24) is 10.5 Å². The van der Waals surface area contributed by atoms with Crippen LogP contribution in [0.2, 0.25) is 0 Å². The second kappa shape index (κ2) is 6.18. The zero-order chi connectivity index (χ0) is 16.3. The number of halogens is 3. The van der Waals surface area contributed by atoms with Crippen LogP contribution in [0.5, 0.6) is 0 Å². The van der Waals surface area contributed by atoms with Crippen LogP contribution in [-0.4, -0.2) is 22.7 Å². The molecule has 8 heteroatoms. The van der Waals surface area contributed by atoms with Crippen molar-refractivity contribution in [1.29, 1.82) is 0 Å². The zero-order valence-corrected chi connectivity index (χ0v) is 11.5. The van der Waals surface area contributed by atoms with Gasteiger partial charge in [0.2, 0.25) is 5.76 Å². The van der Waals surface area contributed by atoms with Gasteiger partial charge in [0.05, 0.1) is 17.4 Å². The number of aromatic nitrogens is 1. The van der Waals surface area contributed by atoms with E-state index in [4.69, 9.17) is 4.52 Å². The van der Waals surface area contributed by atoms with Crippen molar-refractivity contribution in [2.24, 2.45) is 0 Å². The Morgan fingerprint density at radius 2 is 2.09 bits per heavy atom. The standard InChI is InChI=1S/C14H13F3N2O3/c1-8-6-12(22-19-8)13(21)18-7-11(20)9-4-2-3-5-10(9)14(15,16)17/h2-6,11,20H,7H2,1H3,(H,18,21)/t11-/m1/s1. The van der Waals surface area contributed by atoms with Gasteiger partial charge in [0.25, 0.3) is 5.91 Å². The van der Waals surface area contributed by atoms with Crippen LogP contribution in [0.1, 0.15) is 33.5 Å². The van der Waals surface area contributed by atoms with Crippen LogP contribution < -0.4 is 5.32 Å². The fourth-order valence-electron chi connectivity index (χ4n) is 1.90. The van der Waals surface area contributed by atoms with Gasteiger partial charge in [-0.1, -0.05) is 23.4 Å². The molecule has 1 heterocycles. The van der Waals surface area contributed by atoms with Crippen LogP contribution in [0.3, 0.4) is 0 Å². The van der Waals surface area contributed by atoms with Crippen LogP contribution >= 0.6 is 0 Å². The number of hydrogen-bond donors (Lipinski definition) is 2. The first-order chi connectivity index (χ1) is 10.3. The highest BCUT2D eigenvalue weighted by Gasteiger charge is 2.34. The Balaban J connectivity index is 2.07. The number of benzene rings is 1. The van der Waals surface area contributed by atoms with Crippen molar-refractivity contribution in [2.75, 3.05) is 6.54 Å². The largest absolute Gasteiger partial charge is 0.416 e. The number of alkyl halides is 3. The van der Waals surface area contributed by atoms with Gasteiger partial charge in [0, 0.05) is 12.6 Å². The van der Waals surface area contributed by atoms with Gasteiger partial charge in [-0.15, -0.1) is 0 Å². The summed E-state index contributed by atoms with van der Waals surface area (Å²) in [5.74, 6) is -0.738. The minimum atomic E-state index is -4.58. The van der Waals surface area contributed by atoms with E-state index in [1.165, 1.54) is 18.2 Å². The first kappa shape index (κ1) is 16.0. The molecule has 2 aromatic rings. The summed E-state index contributed by atoms with van der Waals surface area (Å²) in [6.45, 7) is 1.24. The molecule has 0 aliphatic carbocycles. The summed E-state index contributed by atoms with van der Waals surface area (Å²) < 4.78 is 43.3. The summed E-state index contributed by atoms with van der Waals surface area (Å²) in [5.41, 5.74) is -0.746. The molecule has 118 valence electrons. The number of amides is 1. The molecule has 5 nitrogen and oxygen atoms in total. The molecule has 1 atom stereocenters. The fraction of sp³-hybridized carbons (Fsp3) is 0.286. The lowest BCUT2D eigenvalue weighted by Crippen LogP contribution is -2.29. The molecule has 0 aliphatic heterocycles. The minimum Gasteiger partial charge on any atom is -0.387 e. The van der Waals surface area contributed by atoms with E-state index < -0.39 is 23.8 Å². The molecule has 1 aromatic heterocycles. The lowest BCUT2D eigenvalue weighted by Gasteiger charge is -2.17. The Morgan fingerprint density at radius 1 is 1.41 bits per heavy atom. The summed E-state index contributed by atoms with van der Waals surface area (Å²) in [7, 11) is 0. The first-order valence-corrected chi connectivity index (χ1v) is 6.34. The number of rotatable bonds is 4. The van der Waals surface area contributed by atoms with E-state index in [-0.39, 0.29) is 17.9 Å². The number of carbonyl (C=O) groups excluding carboxylic acids is 1. The van der Waals surface area contributed by atoms with E-state index in [0.717, 1.165) is 12.1 Å². The molecule has 0 saturated heterocycles. The SMILES string of the molecule is Cc1cc(C(=O)NC[C@@H](O)c2ccccc2C(F)(F)F)on1. The molecule has 0 radical (unpaired) electrons. The lowest BCUT2D eigenvalue weighted by atomic mass is 10.0. The zero-order valence-electron chi connectivity index (χ0n) is 11.5. The minimum absolute atomic E-state index is 0.0752. The molecular weight excluding hydrogens is 301 g/mol. The first-order valence-electron chi connectivity index (χ1n) is 6.34. The van der Waals surface area contributed by atoms with Crippen LogP contribution in [0.4, 0.5) is 13.2 Å². The Bertz CT molecular complexity index is 667. The topological polar surface area (TPSA) is 75.4 Å². The van der Waals surface area contributed by atoms with Crippen molar-refractivity contribution in [2.45, 2.75) is 19.2 Å². The van der Waals surface area contributed by atoms with E-state index in [0.29, 0.717) is 5.69 Å². The van der Waals surface area contributed by atoms with Crippen LogP contribution in [0.25, 0.3) is 0 Å². The van der Waals surface area contributed by atoms with Gasteiger partial charge in [-0.2, -0.15) is 13.2 Å². The van der Waals surface area contributed by atoms with Gasteiger partial charge in [-0.05, 0) is 18.6 Å². The maximum absolute atomic E-state index is 12.9. The second-order valence-corrected chi connectivity index (χ2v) is 4.64. The second-order valence-electron chi connectivity index (χ2n) is 4.64. The number of aliphatic hydroxyl groups excluding tert-OH is 1. The maximum Gasteiger partial charge on any atom is 0.416 e. The Kier molecular flexibility index (Phi) is 4.51. The molecule has 0 unspecified atom stereocenters. The van der Waals surface area contributed by atoms with Gasteiger partial charge >= 0.3 is 6.18 Å².